The minimum absolute atomic E-state index is 0.145. The minimum Gasteiger partial charge on any atom is -0.459 e. The lowest BCUT2D eigenvalue weighted by Crippen LogP contribution is -2.43. The molecule has 0 aromatic heterocycles. The number of rotatable bonds is 8. The van der Waals surface area contributed by atoms with Gasteiger partial charge in [0.05, 0.1) is 0 Å². The lowest BCUT2D eigenvalue weighted by Gasteiger charge is -2.19. The van der Waals surface area contributed by atoms with E-state index in [0.717, 1.165) is 12.0 Å². The first-order valence-electron chi connectivity index (χ1n) is 7.55. The molecule has 0 saturated carbocycles. The number of hydrogen-bond acceptors (Lipinski definition) is 4. The van der Waals surface area contributed by atoms with Crippen molar-refractivity contribution in [2.45, 2.75) is 39.8 Å². The van der Waals surface area contributed by atoms with Crippen molar-refractivity contribution >= 4 is 24.5 Å². The molecular formula is C17H25NO3S. The SMILES string of the molecule is CC(C)CC(CS)C(=O)N[C@@H](C)C(=O)OCc1ccccc1. The third kappa shape index (κ3) is 6.52. The molecule has 0 fully saturated rings. The molecule has 1 rings (SSSR count). The van der Waals surface area contributed by atoms with E-state index in [0.29, 0.717) is 11.7 Å². The normalized spacial score (nSPS) is 13.5. The highest BCUT2D eigenvalue weighted by atomic mass is 32.1. The van der Waals surface area contributed by atoms with Gasteiger partial charge in [-0.25, -0.2) is 4.79 Å². The molecule has 2 atom stereocenters. The van der Waals surface area contributed by atoms with Crippen molar-refractivity contribution in [2.75, 3.05) is 5.75 Å². The highest BCUT2D eigenvalue weighted by Gasteiger charge is 2.23. The molecule has 1 amide bonds. The van der Waals surface area contributed by atoms with Crippen LogP contribution in [-0.4, -0.2) is 23.7 Å². The molecule has 5 heteroatoms. The molecular weight excluding hydrogens is 298 g/mol. The third-order valence-electron chi connectivity index (χ3n) is 3.28. The number of nitrogens with one attached hydrogen (secondary N) is 1. The number of hydrogen-bond donors (Lipinski definition) is 2. The fraction of sp³-hybridized carbons (Fsp3) is 0.529. The van der Waals surface area contributed by atoms with Gasteiger partial charge >= 0.3 is 5.97 Å². The fourth-order valence-electron chi connectivity index (χ4n) is 2.08. The fourth-order valence-corrected chi connectivity index (χ4v) is 2.39. The van der Waals surface area contributed by atoms with E-state index in [-0.39, 0.29) is 18.4 Å². The van der Waals surface area contributed by atoms with Crippen LogP contribution in [0.3, 0.4) is 0 Å². The number of carbonyl (C=O) groups excluding carboxylic acids is 2. The molecule has 0 radical (unpaired) electrons. The monoisotopic (exact) mass is 323 g/mol. The van der Waals surface area contributed by atoms with Crippen LogP contribution in [0.25, 0.3) is 0 Å². The lowest BCUT2D eigenvalue weighted by molar-refractivity contribution is -0.149. The highest BCUT2D eigenvalue weighted by Crippen LogP contribution is 2.13. The zero-order chi connectivity index (χ0) is 16.5. The van der Waals surface area contributed by atoms with Crippen LogP contribution >= 0.6 is 12.6 Å². The van der Waals surface area contributed by atoms with Gasteiger partial charge in [0, 0.05) is 11.7 Å². The summed E-state index contributed by atoms with van der Waals surface area (Å²) in [5.74, 6) is 0.110. The van der Waals surface area contributed by atoms with Gasteiger partial charge in [0.25, 0.3) is 0 Å². The Morgan fingerprint density at radius 1 is 1.18 bits per heavy atom. The van der Waals surface area contributed by atoms with Crippen LogP contribution < -0.4 is 5.32 Å². The average Bonchev–Trinajstić information content (AvgIpc) is 2.50. The topological polar surface area (TPSA) is 55.4 Å². The van der Waals surface area contributed by atoms with Crippen molar-refractivity contribution in [3.05, 3.63) is 35.9 Å². The zero-order valence-electron chi connectivity index (χ0n) is 13.4. The van der Waals surface area contributed by atoms with Crippen molar-refractivity contribution in [3.8, 4) is 0 Å². The predicted octanol–water partition coefficient (Wildman–Crippen LogP) is 2.83. The summed E-state index contributed by atoms with van der Waals surface area (Å²) in [6.45, 7) is 5.96. The predicted molar refractivity (Wildman–Crippen MR) is 90.6 cm³/mol. The highest BCUT2D eigenvalue weighted by molar-refractivity contribution is 7.80. The summed E-state index contributed by atoms with van der Waals surface area (Å²) in [5, 5.41) is 2.71. The zero-order valence-corrected chi connectivity index (χ0v) is 14.3. The summed E-state index contributed by atoms with van der Waals surface area (Å²) in [6.07, 6.45) is 0.751. The molecule has 0 spiro atoms. The Labute approximate surface area is 138 Å². The molecule has 0 aliphatic carbocycles. The van der Waals surface area contributed by atoms with Gasteiger partial charge in [0.1, 0.15) is 12.6 Å². The second kappa shape index (κ2) is 9.51. The van der Waals surface area contributed by atoms with E-state index in [1.54, 1.807) is 6.92 Å². The largest absolute Gasteiger partial charge is 0.459 e. The van der Waals surface area contributed by atoms with Gasteiger partial charge in [-0.15, -0.1) is 0 Å². The number of carbonyl (C=O) groups is 2. The molecule has 22 heavy (non-hydrogen) atoms. The van der Waals surface area contributed by atoms with Gasteiger partial charge in [0.2, 0.25) is 5.91 Å². The second-order valence-corrected chi connectivity index (χ2v) is 6.20. The van der Waals surface area contributed by atoms with E-state index in [1.165, 1.54) is 0 Å². The summed E-state index contributed by atoms with van der Waals surface area (Å²) in [7, 11) is 0. The average molecular weight is 323 g/mol. The Morgan fingerprint density at radius 2 is 1.82 bits per heavy atom. The van der Waals surface area contributed by atoms with Crippen molar-refractivity contribution < 1.29 is 14.3 Å². The molecule has 1 unspecified atom stereocenters. The molecule has 1 N–H and O–H groups in total. The maximum atomic E-state index is 12.1. The summed E-state index contributed by atoms with van der Waals surface area (Å²) >= 11 is 4.22. The summed E-state index contributed by atoms with van der Waals surface area (Å²) in [4.78, 5) is 24.1. The minimum atomic E-state index is -0.661. The molecule has 4 nitrogen and oxygen atoms in total. The third-order valence-corrected chi connectivity index (χ3v) is 3.72. The van der Waals surface area contributed by atoms with Crippen LogP contribution in [0.15, 0.2) is 30.3 Å². The summed E-state index contributed by atoms with van der Waals surface area (Å²) in [6, 6.07) is 8.78. The van der Waals surface area contributed by atoms with E-state index in [2.05, 4.69) is 31.8 Å². The Balaban J connectivity index is 2.44. The van der Waals surface area contributed by atoms with Crippen molar-refractivity contribution in [1.29, 1.82) is 0 Å². The molecule has 1 aromatic carbocycles. The van der Waals surface area contributed by atoms with Crippen molar-refractivity contribution in [2.24, 2.45) is 11.8 Å². The van der Waals surface area contributed by atoms with Gasteiger partial charge in [-0.3, -0.25) is 4.79 Å². The molecule has 0 saturated heterocycles. The van der Waals surface area contributed by atoms with E-state index in [9.17, 15) is 9.59 Å². The second-order valence-electron chi connectivity index (χ2n) is 5.83. The van der Waals surface area contributed by atoms with Gasteiger partial charge in [-0.2, -0.15) is 12.6 Å². The summed E-state index contributed by atoms with van der Waals surface area (Å²) < 4.78 is 5.21. The van der Waals surface area contributed by atoms with Gasteiger partial charge in [-0.05, 0) is 24.8 Å². The van der Waals surface area contributed by atoms with Crippen molar-refractivity contribution in [3.63, 3.8) is 0 Å². The smallest absolute Gasteiger partial charge is 0.328 e. The Morgan fingerprint density at radius 3 is 2.36 bits per heavy atom. The van der Waals surface area contributed by atoms with Crippen LogP contribution in [0.4, 0.5) is 0 Å². The maximum Gasteiger partial charge on any atom is 0.328 e. The Hall–Kier alpha value is -1.49. The lowest BCUT2D eigenvalue weighted by atomic mass is 9.98. The first kappa shape index (κ1) is 18.6. The number of ether oxygens (including phenoxy) is 1. The number of benzene rings is 1. The first-order valence-corrected chi connectivity index (χ1v) is 8.19. The number of thiol groups is 1. The van der Waals surface area contributed by atoms with E-state index >= 15 is 0 Å². The van der Waals surface area contributed by atoms with Crippen molar-refractivity contribution in [1.82, 2.24) is 5.32 Å². The Kier molecular flexibility index (Phi) is 8.02. The molecule has 0 bridgehead atoms. The molecule has 122 valence electrons. The maximum absolute atomic E-state index is 12.1. The first-order chi connectivity index (χ1) is 10.4. The van der Waals surface area contributed by atoms with Gasteiger partial charge in [-0.1, -0.05) is 44.2 Å². The quantitative estimate of drug-likeness (QED) is 0.571. The van der Waals surface area contributed by atoms with Crippen LogP contribution in [0, 0.1) is 11.8 Å². The molecule has 0 heterocycles. The van der Waals surface area contributed by atoms with E-state index in [1.807, 2.05) is 30.3 Å². The number of esters is 1. The van der Waals surface area contributed by atoms with Crippen LogP contribution in [0.2, 0.25) is 0 Å². The number of amides is 1. The standard InChI is InChI=1S/C17H25NO3S/c1-12(2)9-15(11-22)16(19)18-13(3)17(20)21-10-14-7-5-4-6-8-14/h4-8,12-13,15,22H,9-11H2,1-3H3,(H,18,19)/t13-,15?/m0/s1. The van der Waals surface area contributed by atoms with Gasteiger partial charge < -0.3 is 10.1 Å². The summed E-state index contributed by atoms with van der Waals surface area (Å²) in [5.41, 5.74) is 0.919. The van der Waals surface area contributed by atoms with Crippen LogP contribution in [-0.2, 0) is 20.9 Å². The van der Waals surface area contributed by atoms with E-state index < -0.39 is 12.0 Å². The van der Waals surface area contributed by atoms with E-state index in [4.69, 9.17) is 4.74 Å². The van der Waals surface area contributed by atoms with Gasteiger partial charge in [0.15, 0.2) is 0 Å². The molecule has 1 aromatic rings. The van der Waals surface area contributed by atoms with Crippen LogP contribution in [0.5, 0.6) is 0 Å². The Bertz CT molecular complexity index is 476. The molecule has 0 aliphatic rings. The van der Waals surface area contributed by atoms with Crippen LogP contribution in [0.1, 0.15) is 32.8 Å². The molecule has 0 aliphatic heterocycles.